The molecule has 0 atom stereocenters. The van der Waals surface area contributed by atoms with Gasteiger partial charge in [0.1, 0.15) is 5.00 Å². The van der Waals surface area contributed by atoms with Gasteiger partial charge in [0.05, 0.1) is 28.9 Å². The first-order chi connectivity index (χ1) is 18.5. The number of anilines is 1. The molecule has 0 unspecified atom stereocenters. The van der Waals surface area contributed by atoms with Gasteiger partial charge in [0.25, 0.3) is 5.91 Å². The molecule has 1 aliphatic rings. The Labute approximate surface area is 235 Å². The van der Waals surface area contributed by atoms with E-state index in [0.29, 0.717) is 22.7 Å². The summed E-state index contributed by atoms with van der Waals surface area (Å²) in [6.07, 6.45) is 7.25. The molecule has 4 aromatic rings. The number of nitrogens with one attached hydrogen (secondary N) is 1. The molecule has 2 aromatic carbocycles. The molecule has 0 fully saturated rings. The Kier molecular flexibility index (Phi) is 8.24. The van der Waals surface area contributed by atoms with Crippen molar-refractivity contribution in [2.45, 2.75) is 58.8 Å². The maximum atomic E-state index is 13.8. The van der Waals surface area contributed by atoms with Crippen LogP contribution in [0.1, 0.15) is 76.3 Å². The number of rotatable bonds is 8. The van der Waals surface area contributed by atoms with Gasteiger partial charge in [-0.15, -0.1) is 11.3 Å². The first-order valence-electron chi connectivity index (χ1n) is 13.3. The molecule has 0 aliphatic heterocycles. The molecule has 1 N–H and O–H groups in total. The van der Waals surface area contributed by atoms with Crippen LogP contribution in [0.5, 0.6) is 0 Å². The lowest BCUT2D eigenvalue weighted by atomic mass is 9.95. The van der Waals surface area contributed by atoms with Crippen molar-refractivity contribution in [3.63, 3.8) is 0 Å². The molecule has 7 heteroatoms. The number of ether oxygens (including phenoxy) is 1. The lowest BCUT2D eigenvalue weighted by molar-refractivity contribution is 0.0526. The molecule has 5 nitrogen and oxygen atoms in total. The Bertz CT molecular complexity index is 1490. The van der Waals surface area contributed by atoms with Crippen LogP contribution in [-0.2, 0) is 24.0 Å². The quantitative estimate of drug-likeness (QED) is 0.209. The van der Waals surface area contributed by atoms with Gasteiger partial charge in [-0.2, -0.15) is 0 Å². The number of halogens is 1. The maximum absolute atomic E-state index is 13.8. The SMILES string of the molecule is CCCCc1ccc(-c2cc(C(=O)Nc3sc4c(c3C(=O)OCC)CCCC4)c3cc(Br)ccc3n2)cc1. The van der Waals surface area contributed by atoms with Gasteiger partial charge in [-0.3, -0.25) is 4.79 Å². The average molecular weight is 592 g/mol. The molecule has 196 valence electrons. The average Bonchev–Trinajstić information content (AvgIpc) is 3.29. The minimum atomic E-state index is -0.367. The third kappa shape index (κ3) is 5.54. The smallest absolute Gasteiger partial charge is 0.341 e. The lowest BCUT2D eigenvalue weighted by Gasteiger charge is -2.13. The molecule has 0 bridgehead atoms. The molecule has 0 saturated carbocycles. The molecule has 1 aliphatic carbocycles. The lowest BCUT2D eigenvalue weighted by Crippen LogP contribution is -2.16. The second-order valence-electron chi connectivity index (χ2n) is 9.61. The molecule has 38 heavy (non-hydrogen) atoms. The van der Waals surface area contributed by atoms with Crippen LogP contribution in [0.4, 0.5) is 5.00 Å². The van der Waals surface area contributed by atoms with Crippen molar-refractivity contribution in [2.24, 2.45) is 0 Å². The number of hydrogen-bond acceptors (Lipinski definition) is 5. The first-order valence-corrected chi connectivity index (χ1v) is 14.9. The molecule has 5 rings (SSSR count). The van der Waals surface area contributed by atoms with E-state index in [1.807, 2.05) is 24.3 Å². The summed E-state index contributed by atoms with van der Waals surface area (Å²) in [7, 11) is 0. The van der Waals surface area contributed by atoms with Crippen molar-refractivity contribution in [3.05, 3.63) is 80.1 Å². The molecular weight excluding hydrogens is 560 g/mol. The zero-order chi connectivity index (χ0) is 26.6. The molecule has 1 amide bonds. The molecule has 2 heterocycles. The summed E-state index contributed by atoms with van der Waals surface area (Å²) >= 11 is 5.04. The van der Waals surface area contributed by atoms with Gasteiger partial charge >= 0.3 is 5.97 Å². The number of pyridine rings is 1. The second-order valence-corrected chi connectivity index (χ2v) is 11.6. The van der Waals surface area contributed by atoms with E-state index in [1.54, 1.807) is 6.92 Å². The predicted molar refractivity (Wildman–Crippen MR) is 158 cm³/mol. The number of carbonyl (C=O) groups excluding carboxylic acids is 2. The largest absolute Gasteiger partial charge is 0.462 e. The highest BCUT2D eigenvalue weighted by atomic mass is 79.9. The van der Waals surface area contributed by atoms with Crippen molar-refractivity contribution >= 4 is 55.0 Å². The summed E-state index contributed by atoms with van der Waals surface area (Å²) in [6, 6.07) is 16.0. The number of aryl methyl sites for hydroxylation is 2. The monoisotopic (exact) mass is 590 g/mol. The third-order valence-electron chi connectivity index (χ3n) is 6.96. The van der Waals surface area contributed by atoms with E-state index in [9.17, 15) is 9.59 Å². The van der Waals surface area contributed by atoms with E-state index in [-0.39, 0.29) is 11.9 Å². The number of nitrogens with zero attached hydrogens (tertiary/aromatic N) is 1. The number of amides is 1. The number of hydrogen-bond donors (Lipinski definition) is 1. The normalized spacial score (nSPS) is 12.8. The number of carbonyl (C=O) groups is 2. The van der Waals surface area contributed by atoms with Crippen LogP contribution >= 0.6 is 27.3 Å². The highest BCUT2D eigenvalue weighted by Crippen LogP contribution is 2.39. The summed E-state index contributed by atoms with van der Waals surface area (Å²) < 4.78 is 6.25. The second kappa shape index (κ2) is 11.8. The number of benzene rings is 2. The minimum Gasteiger partial charge on any atom is -0.462 e. The van der Waals surface area contributed by atoms with E-state index < -0.39 is 0 Å². The first kappa shape index (κ1) is 26.6. The summed E-state index contributed by atoms with van der Waals surface area (Å²) in [4.78, 5) is 32.8. The molecule has 0 spiro atoms. The number of fused-ring (bicyclic) bond motifs is 2. The Balaban J connectivity index is 1.54. The van der Waals surface area contributed by atoms with Crippen molar-refractivity contribution in [1.29, 1.82) is 0 Å². The van der Waals surface area contributed by atoms with Crippen LogP contribution < -0.4 is 5.32 Å². The predicted octanol–water partition coefficient (Wildman–Crippen LogP) is 8.38. The van der Waals surface area contributed by atoms with E-state index in [4.69, 9.17) is 9.72 Å². The minimum absolute atomic E-state index is 0.263. The number of esters is 1. The van der Waals surface area contributed by atoms with Crippen molar-refractivity contribution in [1.82, 2.24) is 4.98 Å². The van der Waals surface area contributed by atoms with Crippen LogP contribution in [0.15, 0.2) is 53.0 Å². The van der Waals surface area contributed by atoms with Crippen LogP contribution in [-0.4, -0.2) is 23.5 Å². The van der Waals surface area contributed by atoms with E-state index in [1.165, 1.54) is 21.8 Å². The third-order valence-corrected chi connectivity index (χ3v) is 8.66. The zero-order valence-electron chi connectivity index (χ0n) is 21.7. The van der Waals surface area contributed by atoms with Gasteiger partial charge < -0.3 is 10.1 Å². The summed E-state index contributed by atoms with van der Waals surface area (Å²) in [5.41, 5.74) is 5.80. The topological polar surface area (TPSA) is 68.3 Å². The van der Waals surface area contributed by atoms with Crippen molar-refractivity contribution < 1.29 is 14.3 Å². The van der Waals surface area contributed by atoms with Crippen LogP contribution in [0.2, 0.25) is 0 Å². The summed E-state index contributed by atoms with van der Waals surface area (Å²) in [6.45, 7) is 4.29. The van der Waals surface area contributed by atoms with Crippen molar-refractivity contribution in [2.75, 3.05) is 11.9 Å². The van der Waals surface area contributed by atoms with Gasteiger partial charge in [-0.05, 0) is 80.8 Å². The highest BCUT2D eigenvalue weighted by Gasteiger charge is 2.28. The molecule has 0 saturated heterocycles. The Hall–Kier alpha value is -3.03. The van der Waals surface area contributed by atoms with E-state index in [2.05, 4.69) is 52.4 Å². The van der Waals surface area contributed by atoms with E-state index in [0.717, 1.165) is 77.1 Å². The van der Waals surface area contributed by atoms with Gasteiger partial charge in [-0.1, -0.05) is 53.5 Å². The van der Waals surface area contributed by atoms with Gasteiger partial charge in [0, 0.05) is 20.3 Å². The fraction of sp³-hybridized carbons (Fsp3) is 0.323. The summed E-state index contributed by atoms with van der Waals surface area (Å²) in [5, 5.41) is 4.40. The summed E-state index contributed by atoms with van der Waals surface area (Å²) in [5.74, 6) is -0.631. The fourth-order valence-electron chi connectivity index (χ4n) is 5.00. The number of aromatic nitrogens is 1. The van der Waals surface area contributed by atoms with Gasteiger partial charge in [0.2, 0.25) is 0 Å². The maximum Gasteiger partial charge on any atom is 0.341 e. The van der Waals surface area contributed by atoms with Crippen LogP contribution in [0, 0.1) is 0 Å². The Morgan fingerprint density at radius 3 is 2.61 bits per heavy atom. The van der Waals surface area contributed by atoms with Crippen LogP contribution in [0.3, 0.4) is 0 Å². The number of unbranched alkanes of at least 4 members (excludes halogenated alkanes) is 1. The Morgan fingerprint density at radius 1 is 1.05 bits per heavy atom. The van der Waals surface area contributed by atoms with E-state index >= 15 is 0 Å². The molecule has 2 aromatic heterocycles. The fourth-order valence-corrected chi connectivity index (χ4v) is 6.63. The zero-order valence-corrected chi connectivity index (χ0v) is 24.1. The molecule has 0 radical (unpaired) electrons. The van der Waals surface area contributed by atoms with Gasteiger partial charge in [0.15, 0.2) is 0 Å². The molecular formula is C31H31BrN2O3S. The highest BCUT2D eigenvalue weighted by molar-refractivity contribution is 9.10. The van der Waals surface area contributed by atoms with Crippen molar-refractivity contribution in [3.8, 4) is 11.3 Å². The standard InChI is InChI=1S/C31H31BrN2O3S/c1-3-5-8-19-11-13-20(14-12-19)26-18-24(23-17-21(32)15-16-25(23)33-26)29(35)34-30-28(31(36)37-4-2)22-9-6-7-10-27(22)38-30/h11-18H,3-10H2,1-2H3,(H,34,35). The van der Waals surface area contributed by atoms with Gasteiger partial charge in [-0.25, -0.2) is 9.78 Å². The number of thiophene rings is 1. The van der Waals surface area contributed by atoms with Crippen LogP contribution in [0.25, 0.3) is 22.2 Å². The Morgan fingerprint density at radius 2 is 1.84 bits per heavy atom.